The lowest BCUT2D eigenvalue weighted by Gasteiger charge is -2.34. The van der Waals surface area contributed by atoms with Crippen LogP contribution >= 0.6 is 23.4 Å². The lowest BCUT2D eigenvalue weighted by molar-refractivity contribution is -0.129. The highest BCUT2D eigenvalue weighted by Crippen LogP contribution is 2.36. The minimum absolute atomic E-state index is 0.0448. The van der Waals surface area contributed by atoms with Crippen LogP contribution in [0.3, 0.4) is 0 Å². The minimum Gasteiger partial charge on any atom is -0.444 e. The van der Waals surface area contributed by atoms with Gasteiger partial charge in [0.05, 0.1) is 34.5 Å². The van der Waals surface area contributed by atoms with E-state index in [1.165, 1.54) is 0 Å². The number of ether oxygens (including phenoxy) is 1. The highest BCUT2D eigenvalue weighted by atomic mass is 35.5. The maximum Gasteiger partial charge on any atom is 0.408 e. The summed E-state index contributed by atoms with van der Waals surface area (Å²) in [5.41, 5.74) is 2.34. The second-order valence-electron chi connectivity index (χ2n) is 9.53. The minimum atomic E-state index is -0.803. The molecular weight excluding hydrogens is 474 g/mol. The Kier molecular flexibility index (Phi) is 7.23. The van der Waals surface area contributed by atoms with Crippen LogP contribution in [-0.2, 0) is 9.53 Å². The second kappa shape index (κ2) is 10.00. The Hall–Kier alpha value is -2.52. The number of allylic oxidation sites excluding steroid dienone is 5. The number of hydrogen-bond donors (Lipinski definition) is 2. The molecule has 2 heterocycles. The van der Waals surface area contributed by atoms with E-state index in [0.29, 0.717) is 18.9 Å². The van der Waals surface area contributed by atoms with Gasteiger partial charge in [0.15, 0.2) is 0 Å². The van der Waals surface area contributed by atoms with E-state index in [1.807, 2.05) is 37.3 Å². The predicted octanol–water partition coefficient (Wildman–Crippen LogP) is 3.87. The zero-order valence-corrected chi connectivity index (χ0v) is 21.4. The monoisotopic (exact) mass is 503 g/mol. The summed E-state index contributed by atoms with van der Waals surface area (Å²) in [5.74, 6) is 0.228. The molecule has 2 N–H and O–H groups in total. The molecule has 3 atom stereocenters. The van der Waals surface area contributed by atoms with Gasteiger partial charge in [0, 0.05) is 12.1 Å². The molecule has 0 aromatic heterocycles. The highest BCUT2D eigenvalue weighted by Gasteiger charge is 2.35. The number of thioether (sulfide) groups is 1. The number of amides is 2. The first-order valence-corrected chi connectivity index (χ1v) is 12.7. The van der Waals surface area contributed by atoms with Crippen LogP contribution in [0.25, 0.3) is 0 Å². The van der Waals surface area contributed by atoms with E-state index in [1.54, 1.807) is 37.4 Å². The number of hydrogen-bond acceptors (Lipinski definition) is 7. The number of alkyl carbamates (subject to hydrolysis) is 1. The van der Waals surface area contributed by atoms with Crippen LogP contribution in [0.2, 0.25) is 0 Å². The smallest absolute Gasteiger partial charge is 0.408 e. The van der Waals surface area contributed by atoms with E-state index < -0.39 is 17.7 Å². The standard InChI is InChI=1S/C24H30ClN5O3S/c1-14-27-18-10-9-17(11-20(18)34-14)28-22-26-12-19(29-23(32)33-24(2,3)4)21(31)30(22)13-15-5-7-16(25)8-6-15/h5-7,9-10,16,19-20H,8,11-13H2,1-4H3,(H,26,28)(H,29,32). The van der Waals surface area contributed by atoms with Crippen molar-refractivity contribution in [3.8, 4) is 0 Å². The fraction of sp³-hybridized carbons (Fsp3) is 0.500. The van der Waals surface area contributed by atoms with Gasteiger partial charge >= 0.3 is 6.09 Å². The Bertz CT molecular complexity index is 1050. The quantitative estimate of drug-likeness (QED) is 0.568. The van der Waals surface area contributed by atoms with Gasteiger partial charge in [-0.15, -0.1) is 23.4 Å². The van der Waals surface area contributed by atoms with Crippen molar-refractivity contribution in [1.29, 1.82) is 0 Å². The van der Waals surface area contributed by atoms with Gasteiger partial charge in [0.1, 0.15) is 11.6 Å². The normalized spacial score (nSPS) is 26.6. The third-order valence-corrected chi connectivity index (χ3v) is 6.91. The molecular formula is C24H30ClN5O3S. The number of nitrogens with zero attached hydrogens (tertiary/aromatic N) is 3. The summed E-state index contributed by atoms with van der Waals surface area (Å²) in [6.07, 6.45) is 10.7. The van der Waals surface area contributed by atoms with Crippen molar-refractivity contribution in [3.63, 3.8) is 0 Å². The number of aliphatic imine (C=N–C) groups is 2. The van der Waals surface area contributed by atoms with Gasteiger partial charge in [-0.3, -0.25) is 14.7 Å². The Balaban J connectivity index is 1.51. The molecule has 2 aliphatic carbocycles. The molecule has 10 heteroatoms. The van der Waals surface area contributed by atoms with Crippen LogP contribution in [0.1, 0.15) is 40.5 Å². The Morgan fingerprint density at radius 1 is 1.35 bits per heavy atom. The molecule has 4 aliphatic rings. The van der Waals surface area contributed by atoms with Crippen molar-refractivity contribution in [2.45, 2.75) is 62.8 Å². The van der Waals surface area contributed by atoms with Crippen LogP contribution in [-0.4, -0.2) is 63.3 Å². The summed E-state index contributed by atoms with van der Waals surface area (Å²) in [4.78, 5) is 36.5. The molecule has 0 spiro atoms. The van der Waals surface area contributed by atoms with Gasteiger partial charge < -0.3 is 15.4 Å². The summed E-state index contributed by atoms with van der Waals surface area (Å²) in [7, 11) is 0. The zero-order chi connectivity index (χ0) is 24.5. The summed E-state index contributed by atoms with van der Waals surface area (Å²) in [5, 5.41) is 7.32. The molecule has 0 aromatic rings. The Morgan fingerprint density at radius 2 is 2.15 bits per heavy atom. The first kappa shape index (κ1) is 24.6. The number of carbonyl (C=O) groups excluding carboxylic acids is 2. The molecule has 2 aliphatic heterocycles. The van der Waals surface area contributed by atoms with Crippen molar-refractivity contribution in [3.05, 3.63) is 47.3 Å². The number of guanidine groups is 1. The fourth-order valence-corrected chi connectivity index (χ4v) is 5.16. The maximum absolute atomic E-state index is 13.4. The average molecular weight is 504 g/mol. The van der Waals surface area contributed by atoms with Gasteiger partial charge in [-0.25, -0.2) is 9.79 Å². The zero-order valence-electron chi connectivity index (χ0n) is 19.8. The number of fused-ring (bicyclic) bond motifs is 1. The van der Waals surface area contributed by atoms with E-state index in [-0.39, 0.29) is 23.1 Å². The fourth-order valence-electron chi connectivity index (χ4n) is 3.92. The number of nitrogens with one attached hydrogen (secondary N) is 2. The lowest BCUT2D eigenvalue weighted by Crippen LogP contribution is -2.59. The van der Waals surface area contributed by atoms with Gasteiger partial charge in [0.25, 0.3) is 5.91 Å². The van der Waals surface area contributed by atoms with Gasteiger partial charge in [0.2, 0.25) is 5.96 Å². The van der Waals surface area contributed by atoms with E-state index in [0.717, 1.165) is 28.4 Å². The van der Waals surface area contributed by atoms with Crippen LogP contribution in [0, 0.1) is 0 Å². The molecule has 182 valence electrons. The third-order valence-electron chi connectivity index (χ3n) is 5.46. The molecule has 0 radical (unpaired) electrons. The number of alkyl halides is 1. The van der Waals surface area contributed by atoms with Crippen LogP contribution in [0.15, 0.2) is 57.3 Å². The first-order chi connectivity index (χ1) is 16.1. The molecule has 34 heavy (non-hydrogen) atoms. The van der Waals surface area contributed by atoms with Crippen molar-refractivity contribution < 1.29 is 14.3 Å². The van der Waals surface area contributed by atoms with E-state index in [9.17, 15) is 9.59 Å². The number of rotatable bonds is 4. The summed E-state index contributed by atoms with van der Waals surface area (Å²) in [6, 6.07) is -0.803. The molecule has 0 bridgehead atoms. The summed E-state index contributed by atoms with van der Waals surface area (Å²) >= 11 is 7.91. The van der Waals surface area contributed by atoms with Crippen molar-refractivity contribution in [1.82, 2.24) is 15.5 Å². The second-order valence-corrected chi connectivity index (χ2v) is 11.5. The Morgan fingerprint density at radius 3 is 2.85 bits per heavy atom. The molecule has 0 saturated heterocycles. The third kappa shape index (κ3) is 6.13. The highest BCUT2D eigenvalue weighted by molar-refractivity contribution is 8.14. The number of carbonyl (C=O) groups is 2. The van der Waals surface area contributed by atoms with Gasteiger partial charge in [-0.05, 0) is 51.8 Å². The average Bonchev–Trinajstić information content (AvgIpc) is 3.12. The van der Waals surface area contributed by atoms with Crippen molar-refractivity contribution in [2.24, 2.45) is 9.98 Å². The molecule has 0 aromatic carbocycles. The molecule has 0 fully saturated rings. The SMILES string of the molecule is CC1=NC2=CC=C(NC3=NCC(NC(=O)OC(C)(C)C)C(=O)N3CC3=CCC(Cl)C=C3)CC2S1. The van der Waals surface area contributed by atoms with E-state index in [2.05, 4.69) is 20.6 Å². The predicted molar refractivity (Wildman–Crippen MR) is 137 cm³/mol. The Labute approximate surface area is 209 Å². The largest absolute Gasteiger partial charge is 0.444 e. The van der Waals surface area contributed by atoms with Crippen LogP contribution in [0.5, 0.6) is 0 Å². The number of halogens is 1. The lowest BCUT2D eigenvalue weighted by atomic mass is 10.1. The van der Waals surface area contributed by atoms with E-state index >= 15 is 0 Å². The summed E-state index contributed by atoms with van der Waals surface area (Å²) < 4.78 is 5.33. The molecule has 3 unspecified atom stereocenters. The van der Waals surface area contributed by atoms with Gasteiger partial charge in [-0.2, -0.15) is 0 Å². The van der Waals surface area contributed by atoms with Crippen molar-refractivity contribution in [2.75, 3.05) is 13.1 Å². The van der Waals surface area contributed by atoms with Crippen LogP contribution < -0.4 is 10.6 Å². The van der Waals surface area contributed by atoms with Gasteiger partial charge in [-0.1, -0.05) is 18.2 Å². The maximum atomic E-state index is 13.4. The summed E-state index contributed by atoms with van der Waals surface area (Å²) in [6.45, 7) is 7.80. The van der Waals surface area contributed by atoms with Crippen molar-refractivity contribution >= 4 is 46.4 Å². The first-order valence-electron chi connectivity index (χ1n) is 11.3. The molecule has 4 rings (SSSR count). The topological polar surface area (TPSA) is 95.4 Å². The van der Waals surface area contributed by atoms with E-state index in [4.69, 9.17) is 16.3 Å². The molecule has 8 nitrogen and oxygen atoms in total. The molecule has 2 amide bonds. The van der Waals surface area contributed by atoms with Crippen LogP contribution in [0.4, 0.5) is 4.79 Å². The molecule has 0 saturated carbocycles.